The third kappa shape index (κ3) is 2.38. The minimum atomic E-state index is -0.714. The summed E-state index contributed by atoms with van der Waals surface area (Å²) in [5, 5.41) is 0. The molecule has 0 radical (unpaired) electrons. The van der Waals surface area contributed by atoms with Crippen LogP contribution in [0.3, 0.4) is 0 Å². The highest BCUT2D eigenvalue weighted by Crippen LogP contribution is 2.53. The maximum absolute atomic E-state index is 12.8. The van der Waals surface area contributed by atoms with E-state index in [2.05, 4.69) is 36.9 Å². The van der Waals surface area contributed by atoms with Crippen molar-refractivity contribution in [2.24, 2.45) is 4.99 Å². The Bertz CT molecular complexity index is 1150. The molecule has 1 atom stereocenters. The zero-order valence-electron chi connectivity index (χ0n) is 16.7. The average Bonchev–Trinajstić information content (AvgIpc) is 2.92. The molecule has 0 amide bonds. The van der Waals surface area contributed by atoms with E-state index in [0.717, 1.165) is 5.69 Å². The van der Waals surface area contributed by atoms with Crippen molar-refractivity contribution in [2.75, 3.05) is 11.9 Å². The highest BCUT2D eigenvalue weighted by Gasteiger charge is 2.58. The van der Waals surface area contributed by atoms with Crippen LogP contribution in [0.5, 0.6) is 5.75 Å². The Kier molecular flexibility index (Phi) is 3.69. The second kappa shape index (κ2) is 6.05. The molecule has 2 heterocycles. The molecule has 2 aliphatic heterocycles. The van der Waals surface area contributed by atoms with E-state index >= 15 is 0 Å². The molecule has 0 saturated carbocycles. The fourth-order valence-electron chi connectivity index (χ4n) is 4.48. The van der Waals surface area contributed by atoms with Gasteiger partial charge in [-0.1, -0.05) is 48.5 Å². The molecule has 29 heavy (non-hydrogen) atoms. The summed E-state index contributed by atoms with van der Waals surface area (Å²) >= 11 is 0. The Morgan fingerprint density at radius 3 is 2.41 bits per heavy atom. The van der Waals surface area contributed by atoms with Crippen LogP contribution in [0.25, 0.3) is 0 Å². The minimum absolute atomic E-state index is 0.0189. The van der Waals surface area contributed by atoms with E-state index in [0.29, 0.717) is 22.6 Å². The lowest BCUT2D eigenvalue weighted by molar-refractivity contribution is 0.0824. The molecule has 2 aliphatic rings. The topological polar surface area (TPSA) is 41.9 Å². The lowest BCUT2D eigenvalue weighted by Crippen LogP contribution is -2.61. The van der Waals surface area contributed by atoms with Gasteiger partial charge in [-0.05, 0) is 43.7 Å². The van der Waals surface area contributed by atoms with Gasteiger partial charge in [0.05, 0.1) is 11.6 Å². The predicted molar refractivity (Wildman–Crippen MR) is 116 cm³/mol. The zero-order chi connectivity index (χ0) is 20.2. The van der Waals surface area contributed by atoms with Crippen LogP contribution in [0.2, 0.25) is 0 Å². The Balaban J connectivity index is 1.54. The van der Waals surface area contributed by atoms with Crippen molar-refractivity contribution < 1.29 is 9.53 Å². The number of ether oxygens (including phenoxy) is 1. The summed E-state index contributed by atoms with van der Waals surface area (Å²) in [5.41, 5.74) is 3.31. The van der Waals surface area contributed by atoms with Gasteiger partial charge in [0.2, 0.25) is 5.72 Å². The van der Waals surface area contributed by atoms with Crippen molar-refractivity contribution in [2.45, 2.75) is 25.0 Å². The number of carbonyl (C=O) groups is 1. The van der Waals surface area contributed by atoms with Gasteiger partial charge in [-0.15, -0.1) is 0 Å². The number of carbonyl (C=O) groups excluding carboxylic acids is 1. The largest absolute Gasteiger partial charge is 0.459 e. The van der Waals surface area contributed by atoms with Gasteiger partial charge in [-0.3, -0.25) is 9.79 Å². The molecule has 144 valence electrons. The number of hydrogen-bond donors (Lipinski definition) is 0. The molecule has 3 aromatic carbocycles. The molecule has 0 N–H and O–H groups in total. The lowest BCUT2D eigenvalue weighted by Gasteiger charge is -2.44. The quantitative estimate of drug-likeness (QED) is 0.577. The van der Waals surface area contributed by atoms with E-state index in [-0.39, 0.29) is 11.2 Å². The maximum Gasteiger partial charge on any atom is 0.228 e. The van der Waals surface area contributed by atoms with E-state index in [1.54, 1.807) is 0 Å². The van der Waals surface area contributed by atoms with Gasteiger partial charge in [-0.25, -0.2) is 0 Å². The Labute approximate surface area is 170 Å². The van der Waals surface area contributed by atoms with E-state index in [1.807, 2.05) is 67.9 Å². The number of ketones is 1. The van der Waals surface area contributed by atoms with Crippen LogP contribution in [-0.2, 0) is 5.41 Å². The van der Waals surface area contributed by atoms with E-state index in [1.165, 1.54) is 5.56 Å². The van der Waals surface area contributed by atoms with E-state index in [9.17, 15) is 4.79 Å². The van der Waals surface area contributed by atoms with Crippen LogP contribution in [0.4, 0.5) is 11.4 Å². The number of fused-ring (bicyclic) bond motifs is 2. The summed E-state index contributed by atoms with van der Waals surface area (Å²) in [7, 11) is 2.04. The Hall–Kier alpha value is -3.40. The number of nitrogens with zero attached hydrogens (tertiary/aromatic N) is 2. The molecule has 4 heteroatoms. The van der Waals surface area contributed by atoms with Crippen LogP contribution in [0.1, 0.15) is 35.3 Å². The van der Waals surface area contributed by atoms with Crippen LogP contribution >= 0.6 is 0 Å². The second-order valence-electron chi connectivity index (χ2n) is 8.14. The number of hydrogen-bond acceptors (Lipinski definition) is 4. The normalized spacial score (nSPS) is 20.9. The second-order valence-corrected chi connectivity index (χ2v) is 8.14. The molecular weight excluding hydrogens is 360 g/mol. The van der Waals surface area contributed by atoms with Crippen LogP contribution in [0, 0.1) is 0 Å². The first kappa shape index (κ1) is 17.7. The van der Waals surface area contributed by atoms with Crippen molar-refractivity contribution in [1.82, 2.24) is 0 Å². The summed E-state index contributed by atoms with van der Waals surface area (Å²) in [6, 6.07) is 23.1. The van der Waals surface area contributed by atoms with Crippen LogP contribution in [-0.4, -0.2) is 24.8 Å². The van der Waals surface area contributed by atoms with Gasteiger partial charge >= 0.3 is 0 Å². The van der Waals surface area contributed by atoms with Gasteiger partial charge < -0.3 is 9.64 Å². The number of para-hydroxylation sites is 1. The summed E-state index contributed by atoms with van der Waals surface area (Å²) in [6.45, 7) is 4.36. The molecule has 3 aromatic rings. The van der Waals surface area contributed by atoms with Crippen molar-refractivity contribution in [1.29, 1.82) is 0 Å². The van der Waals surface area contributed by atoms with Crippen molar-refractivity contribution >= 4 is 23.4 Å². The number of aliphatic imine (C=N–C) groups is 1. The first-order chi connectivity index (χ1) is 13.9. The number of benzene rings is 3. The molecule has 0 aliphatic carbocycles. The SMILES string of the molecule is CN1c2ccccc2C(C)(C)C12C=Nc1cc(C(=O)c3ccccc3)ccc1O2. The smallest absolute Gasteiger partial charge is 0.228 e. The molecule has 0 aromatic heterocycles. The number of rotatable bonds is 2. The third-order valence-electron chi connectivity index (χ3n) is 6.23. The minimum Gasteiger partial charge on any atom is -0.459 e. The van der Waals surface area contributed by atoms with Crippen molar-refractivity contribution in [3.8, 4) is 5.75 Å². The fraction of sp³-hybridized carbons (Fsp3) is 0.200. The monoisotopic (exact) mass is 382 g/mol. The van der Waals surface area contributed by atoms with Crippen molar-refractivity contribution in [3.63, 3.8) is 0 Å². The molecule has 4 nitrogen and oxygen atoms in total. The van der Waals surface area contributed by atoms with Gasteiger partial charge in [0.25, 0.3) is 0 Å². The van der Waals surface area contributed by atoms with Gasteiger partial charge in [0, 0.05) is 23.9 Å². The highest BCUT2D eigenvalue weighted by atomic mass is 16.5. The van der Waals surface area contributed by atoms with E-state index < -0.39 is 5.72 Å². The fourth-order valence-corrected chi connectivity index (χ4v) is 4.48. The van der Waals surface area contributed by atoms with Gasteiger partial charge in [0.1, 0.15) is 11.4 Å². The molecule has 1 unspecified atom stereocenters. The predicted octanol–water partition coefficient (Wildman–Crippen LogP) is 5.14. The standard InChI is InChI=1S/C25H22N2O2/c1-24(2)19-11-7-8-12-21(19)27(3)25(24)16-26-20-15-18(13-14-22(20)29-25)23(28)17-9-5-4-6-10-17/h4-16H,1-3H3. The number of anilines is 1. The van der Waals surface area contributed by atoms with Crippen LogP contribution < -0.4 is 9.64 Å². The molecule has 0 fully saturated rings. The lowest BCUT2D eigenvalue weighted by atomic mass is 9.77. The summed E-state index contributed by atoms with van der Waals surface area (Å²) in [6.07, 6.45) is 1.88. The molecule has 1 spiro atoms. The average molecular weight is 382 g/mol. The van der Waals surface area contributed by atoms with Gasteiger partial charge in [-0.2, -0.15) is 0 Å². The van der Waals surface area contributed by atoms with Crippen LogP contribution in [0.15, 0.2) is 77.8 Å². The summed E-state index contributed by atoms with van der Waals surface area (Å²) in [5.74, 6) is 0.666. The molecule has 5 rings (SSSR count). The number of likely N-dealkylation sites (N-methyl/N-ethyl adjacent to an activating group) is 1. The van der Waals surface area contributed by atoms with Gasteiger partial charge in [0.15, 0.2) is 5.78 Å². The van der Waals surface area contributed by atoms with E-state index in [4.69, 9.17) is 9.73 Å². The zero-order valence-corrected chi connectivity index (χ0v) is 16.7. The molecule has 0 bridgehead atoms. The third-order valence-corrected chi connectivity index (χ3v) is 6.23. The molecule has 0 saturated heterocycles. The maximum atomic E-state index is 12.8. The highest BCUT2D eigenvalue weighted by molar-refractivity contribution is 6.09. The summed E-state index contributed by atoms with van der Waals surface area (Å²) in [4.78, 5) is 19.7. The Morgan fingerprint density at radius 2 is 1.66 bits per heavy atom. The summed E-state index contributed by atoms with van der Waals surface area (Å²) < 4.78 is 6.60. The molecular formula is C25H22N2O2. The van der Waals surface area contributed by atoms with Crippen molar-refractivity contribution in [3.05, 3.63) is 89.5 Å². The first-order valence-electron chi connectivity index (χ1n) is 9.75. The Morgan fingerprint density at radius 1 is 0.931 bits per heavy atom. The first-order valence-corrected chi connectivity index (χ1v) is 9.75.